The van der Waals surface area contributed by atoms with Crippen molar-refractivity contribution in [2.24, 2.45) is 0 Å². The number of rotatable bonds is 3. The molecule has 3 rings (SSSR count). The predicted octanol–water partition coefficient (Wildman–Crippen LogP) is 4.28. The van der Waals surface area contributed by atoms with E-state index in [1.54, 1.807) is 0 Å². The second-order valence-corrected chi connectivity index (χ2v) is 5.18. The van der Waals surface area contributed by atoms with Gasteiger partial charge in [0.15, 0.2) is 0 Å². The molecule has 0 unspecified atom stereocenters. The van der Waals surface area contributed by atoms with E-state index in [0.29, 0.717) is 6.61 Å². The van der Waals surface area contributed by atoms with E-state index >= 15 is 0 Å². The van der Waals surface area contributed by atoms with E-state index in [1.165, 1.54) is 12.0 Å². The number of nitrogens with one attached hydrogen (secondary N) is 1. The van der Waals surface area contributed by atoms with Crippen LogP contribution < -0.4 is 10.1 Å². The SMILES string of the molecule is Clc1cccc(COc2cccc3c2NCCC3)c1. The molecule has 0 aliphatic carbocycles. The van der Waals surface area contributed by atoms with Crippen molar-refractivity contribution in [2.75, 3.05) is 11.9 Å². The van der Waals surface area contributed by atoms with Crippen LogP contribution in [0.3, 0.4) is 0 Å². The minimum absolute atomic E-state index is 0.540. The van der Waals surface area contributed by atoms with Crippen LogP contribution in [0.1, 0.15) is 17.5 Å². The van der Waals surface area contributed by atoms with E-state index in [4.69, 9.17) is 16.3 Å². The molecule has 0 amide bonds. The molecule has 98 valence electrons. The minimum atomic E-state index is 0.540. The Morgan fingerprint density at radius 2 is 2.05 bits per heavy atom. The largest absolute Gasteiger partial charge is 0.487 e. The lowest BCUT2D eigenvalue weighted by molar-refractivity contribution is 0.307. The highest BCUT2D eigenvalue weighted by atomic mass is 35.5. The van der Waals surface area contributed by atoms with Crippen LogP contribution in [-0.4, -0.2) is 6.54 Å². The molecule has 1 aliphatic rings. The molecule has 0 spiro atoms. The monoisotopic (exact) mass is 273 g/mol. The van der Waals surface area contributed by atoms with Gasteiger partial charge in [-0.1, -0.05) is 35.9 Å². The van der Waals surface area contributed by atoms with Gasteiger partial charge in [0, 0.05) is 11.6 Å². The van der Waals surface area contributed by atoms with Crippen molar-refractivity contribution < 1.29 is 4.74 Å². The maximum Gasteiger partial charge on any atom is 0.143 e. The molecule has 1 heterocycles. The summed E-state index contributed by atoms with van der Waals surface area (Å²) < 4.78 is 5.92. The van der Waals surface area contributed by atoms with Crippen LogP contribution in [0.25, 0.3) is 0 Å². The van der Waals surface area contributed by atoms with E-state index in [2.05, 4.69) is 17.4 Å². The van der Waals surface area contributed by atoms with Crippen molar-refractivity contribution in [3.05, 3.63) is 58.6 Å². The van der Waals surface area contributed by atoms with Crippen molar-refractivity contribution in [3.8, 4) is 5.75 Å². The van der Waals surface area contributed by atoms with Gasteiger partial charge in [-0.05, 0) is 42.2 Å². The van der Waals surface area contributed by atoms with Crippen LogP contribution in [0.2, 0.25) is 5.02 Å². The second kappa shape index (κ2) is 5.54. The minimum Gasteiger partial charge on any atom is -0.487 e. The van der Waals surface area contributed by atoms with Crippen molar-refractivity contribution in [1.29, 1.82) is 0 Å². The maximum absolute atomic E-state index is 5.97. The third-order valence-electron chi connectivity index (χ3n) is 3.32. The molecule has 0 saturated heterocycles. The van der Waals surface area contributed by atoms with Gasteiger partial charge in [-0.25, -0.2) is 0 Å². The van der Waals surface area contributed by atoms with Crippen LogP contribution >= 0.6 is 11.6 Å². The number of halogens is 1. The summed E-state index contributed by atoms with van der Waals surface area (Å²) in [5.41, 5.74) is 3.58. The van der Waals surface area contributed by atoms with Crippen LogP contribution in [0.4, 0.5) is 5.69 Å². The fraction of sp³-hybridized carbons (Fsp3) is 0.250. The highest BCUT2D eigenvalue weighted by Gasteiger charge is 2.13. The van der Waals surface area contributed by atoms with Crippen LogP contribution in [0.5, 0.6) is 5.75 Å². The number of para-hydroxylation sites is 1. The first kappa shape index (κ1) is 12.4. The summed E-state index contributed by atoms with van der Waals surface area (Å²) in [7, 11) is 0. The molecule has 2 nitrogen and oxygen atoms in total. The quantitative estimate of drug-likeness (QED) is 0.901. The molecule has 0 radical (unpaired) electrons. The van der Waals surface area contributed by atoms with Crippen LogP contribution in [0, 0.1) is 0 Å². The van der Waals surface area contributed by atoms with E-state index in [0.717, 1.165) is 35.0 Å². The Morgan fingerprint density at radius 1 is 1.16 bits per heavy atom. The molecule has 1 aliphatic heterocycles. The highest BCUT2D eigenvalue weighted by molar-refractivity contribution is 6.30. The van der Waals surface area contributed by atoms with Gasteiger partial charge < -0.3 is 10.1 Å². The van der Waals surface area contributed by atoms with Gasteiger partial charge in [-0.2, -0.15) is 0 Å². The molecule has 3 heteroatoms. The Labute approximate surface area is 118 Å². The fourth-order valence-corrected chi connectivity index (χ4v) is 2.60. The summed E-state index contributed by atoms with van der Waals surface area (Å²) in [5.74, 6) is 0.928. The smallest absolute Gasteiger partial charge is 0.143 e. The van der Waals surface area contributed by atoms with E-state index in [9.17, 15) is 0 Å². The highest BCUT2D eigenvalue weighted by Crippen LogP contribution is 2.32. The number of hydrogen-bond acceptors (Lipinski definition) is 2. The Morgan fingerprint density at radius 3 is 2.95 bits per heavy atom. The topological polar surface area (TPSA) is 21.3 Å². The fourth-order valence-electron chi connectivity index (χ4n) is 2.39. The summed E-state index contributed by atoms with van der Waals surface area (Å²) >= 11 is 5.97. The third kappa shape index (κ3) is 2.85. The number of aryl methyl sites for hydroxylation is 1. The van der Waals surface area contributed by atoms with Gasteiger partial charge >= 0.3 is 0 Å². The first-order valence-electron chi connectivity index (χ1n) is 6.56. The molecule has 2 aromatic rings. The predicted molar refractivity (Wildman–Crippen MR) is 79.0 cm³/mol. The standard InChI is InChI=1S/C16H16ClNO/c17-14-7-1-4-12(10-14)11-19-15-8-2-5-13-6-3-9-18-16(13)15/h1-2,4-5,7-8,10,18H,3,6,9,11H2. The zero-order valence-electron chi connectivity index (χ0n) is 10.7. The molecule has 1 N–H and O–H groups in total. The molecular formula is C16H16ClNO. The van der Waals surface area contributed by atoms with Crippen molar-refractivity contribution in [1.82, 2.24) is 0 Å². The van der Waals surface area contributed by atoms with E-state index in [1.807, 2.05) is 30.3 Å². The number of hydrogen-bond donors (Lipinski definition) is 1. The molecular weight excluding hydrogens is 258 g/mol. The average molecular weight is 274 g/mol. The van der Waals surface area contributed by atoms with Gasteiger partial charge in [0.2, 0.25) is 0 Å². The lowest BCUT2D eigenvalue weighted by Gasteiger charge is -2.21. The lowest BCUT2D eigenvalue weighted by Crippen LogP contribution is -2.13. The van der Waals surface area contributed by atoms with Gasteiger partial charge in [0.1, 0.15) is 12.4 Å². The van der Waals surface area contributed by atoms with Crippen LogP contribution in [0.15, 0.2) is 42.5 Å². The molecule has 0 fully saturated rings. The number of ether oxygens (including phenoxy) is 1. The molecule has 0 atom stereocenters. The summed E-state index contributed by atoms with van der Waals surface area (Å²) in [4.78, 5) is 0. The number of anilines is 1. The van der Waals surface area contributed by atoms with E-state index in [-0.39, 0.29) is 0 Å². The normalized spacial score (nSPS) is 13.5. The Kier molecular flexibility index (Phi) is 3.60. The maximum atomic E-state index is 5.97. The Balaban J connectivity index is 1.77. The first-order chi connectivity index (χ1) is 9.33. The molecule has 0 bridgehead atoms. The summed E-state index contributed by atoms with van der Waals surface area (Å²) in [6.07, 6.45) is 2.31. The zero-order chi connectivity index (χ0) is 13.1. The molecule has 0 aromatic heterocycles. The Bertz CT molecular complexity index is 583. The number of fused-ring (bicyclic) bond motifs is 1. The van der Waals surface area contributed by atoms with Gasteiger partial charge in [-0.3, -0.25) is 0 Å². The van der Waals surface area contributed by atoms with Crippen molar-refractivity contribution in [2.45, 2.75) is 19.4 Å². The summed E-state index contributed by atoms with van der Waals surface area (Å²) in [6, 6.07) is 14.0. The molecule has 19 heavy (non-hydrogen) atoms. The lowest BCUT2D eigenvalue weighted by atomic mass is 10.0. The average Bonchev–Trinajstić information content (AvgIpc) is 2.45. The van der Waals surface area contributed by atoms with Gasteiger partial charge in [-0.15, -0.1) is 0 Å². The van der Waals surface area contributed by atoms with Gasteiger partial charge in [0.25, 0.3) is 0 Å². The zero-order valence-corrected chi connectivity index (χ0v) is 11.4. The van der Waals surface area contributed by atoms with E-state index < -0.39 is 0 Å². The second-order valence-electron chi connectivity index (χ2n) is 4.74. The summed E-state index contributed by atoms with van der Waals surface area (Å²) in [6.45, 7) is 1.56. The first-order valence-corrected chi connectivity index (χ1v) is 6.94. The number of benzene rings is 2. The third-order valence-corrected chi connectivity index (χ3v) is 3.56. The molecule has 2 aromatic carbocycles. The Hall–Kier alpha value is -1.67. The van der Waals surface area contributed by atoms with Crippen molar-refractivity contribution in [3.63, 3.8) is 0 Å². The summed E-state index contributed by atoms with van der Waals surface area (Å²) in [5, 5.41) is 4.17. The molecule has 0 saturated carbocycles. The van der Waals surface area contributed by atoms with Crippen LogP contribution in [-0.2, 0) is 13.0 Å². The van der Waals surface area contributed by atoms with Crippen molar-refractivity contribution >= 4 is 17.3 Å². The van der Waals surface area contributed by atoms with Gasteiger partial charge in [0.05, 0.1) is 5.69 Å².